The minimum Gasteiger partial charge on any atom is -0.455 e. The highest BCUT2D eigenvalue weighted by atomic mass is 16.3. The van der Waals surface area contributed by atoms with E-state index < -0.39 is 30.2 Å². The van der Waals surface area contributed by atoms with Crippen molar-refractivity contribution in [2.24, 2.45) is 0 Å². The monoisotopic (exact) mass is 721 g/mol. The average Bonchev–Trinajstić information content (AvgIpc) is 3.86. The molecule has 0 fully saturated rings. The Balaban J connectivity index is 1.28. The Morgan fingerprint density at radius 2 is 0.911 bits per heavy atom. The van der Waals surface area contributed by atoms with Crippen molar-refractivity contribution in [1.82, 2.24) is 19.5 Å². The third-order valence-electron chi connectivity index (χ3n) is 10.4. The summed E-state index contributed by atoms with van der Waals surface area (Å²) in [4.78, 5) is 15.2. The van der Waals surface area contributed by atoms with Gasteiger partial charge in [-0.15, -0.1) is 0 Å². The first-order chi connectivity index (χ1) is 29.9. The molecule has 56 heavy (non-hydrogen) atoms. The second kappa shape index (κ2) is 13.0. The predicted octanol–water partition coefficient (Wildman–Crippen LogP) is 13.2. The number of nitrogens with zero attached hydrogens (tertiary/aromatic N) is 4. The van der Waals surface area contributed by atoms with E-state index in [1.807, 2.05) is 115 Å². The maximum atomic E-state index is 9.00. The minimum atomic E-state index is -0.500. The summed E-state index contributed by atoms with van der Waals surface area (Å²) in [5.41, 5.74) is 8.89. The normalized spacial score (nSPS) is 12.8. The van der Waals surface area contributed by atoms with Gasteiger partial charge in [0, 0.05) is 43.9 Å². The average molecular weight is 722 g/mol. The molecule has 0 saturated heterocycles. The quantitative estimate of drug-likeness (QED) is 0.172. The van der Waals surface area contributed by atoms with E-state index in [1.54, 1.807) is 0 Å². The lowest BCUT2D eigenvalue weighted by Gasteiger charge is -2.14. The lowest BCUT2D eigenvalue weighted by molar-refractivity contribution is 0.670. The number of aromatic nitrogens is 4. The first-order valence-corrected chi connectivity index (χ1v) is 18.4. The minimum absolute atomic E-state index is 0.0589. The summed E-state index contributed by atoms with van der Waals surface area (Å²) >= 11 is 0. The number of furan rings is 1. The van der Waals surface area contributed by atoms with E-state index in [9.17, 15) is 0 Å². The zero-order valence-corrected chi connectivity index (χ0v) is 29.8. The van der Waals surface area contributed by atoms with E-state index in [0.717, 1.165) is 60.5 Å². The van der Waals surface area contributed by atoms with Crippen molar-refractivity contribution >= 4 is 43.7 Å². The molecule has 11 aromatic rings. The molecule has 5 nitrogen and oxygen atoms in total. The lowest BCUT2D eigenvalue weighted by atomic mass is 9.99. The molecule has 0 bridgehead atoms. The summed E-state index contributed by atoms with van der Waals surface area (Å²) in [5, 5.41) is 3.94. The van der Waals surface area contributed by atoms with Gasteiger partial charge in [0.2, 0.25) is 0 Å². The van der Waals surface area contributed by atoms with Gasteiger partial charge in [0.05, 0.1) is 23.5 Å². The zero-order valence-electron chi connectivity index (χ0n) is 34.8. The summed E-state index contributed by atoms with van der Waals surface area (Å²) in [6, 6.07) is 52.4. The van der Waals surface area contributed by atoms with E-state index >= 15 is 0 Å². The molecule has 0 atom stereocenters. The fraction of sp³-hybridized carbons (Fsp3) is 0. The Hall–Kier alpha value is -7.63. The third-order valence-corrected chi connectivity index (χ3v) is 10.4. The second-order valence-corrected chi connectivity index (χ2v) is 13.6. The molecule has 0 unspecified atom stereocenters. The van der Waals surface area contributed by atoms with Crippen molar-refractivity contribution < 1.29 is 11.3 Å². The summed E-state index contributed by atoms with van der Waals surface area (Å²) in [7, 11) is 0. The molecule has 0 spiro atoms. The molecule has 0 aliphatic rings. The van der Waals surface area contributed by atoms with Crippen LogP contribution in [-0.4, -0.2) is 19.5 Å². The molecule has 0 saturated carbocycles. The van der Waals surface area contributed by atoms with Gasteiger partial charge in [-0.3, -0.25) is 0 Å². The van der Waals surface area contributed by atoms with E-state index in [2.05, 4.69) is 53.1 Å². The van der Waals surface area contributed by atoms with Crippen LogP contribution in [0.15, 0.2) is 198 Å². The third kappa shape index (κ3) is 5.21. The van der Waals surface area contributed by atoms with Gasteiger partial charge in [-0.25, -0.2) is 15.0 Å². The number of hydrogen-bond donors (Lipinski definition) is 0. The Bertz CT molecular complexity index is 3470. The van der Waals surface area contributed by atoms with Crippen molar-refractivity contribution in [2.75, 3.05) is 0 Å². The number of benzene rings is 8. The Kier molecular flexibility index (Phi) is 6.29. The Morgan fingerprint density at radius 3 is 1.61 bits per heavy atom. The Labute approximate surface area is 329 Å². The van der Waals surface area contributed by atoms with Gasteiger partial charge in [0.15, 0.2) is 17.5 Å². The largest absolute Gasteiger partial charge is 0.455 e. The number of para-hydroxylation sites is 3. The maximum absolute atomic E-state index is 9.00. The van der Waals surface area contributed by atoms with E-state index in [-0.39, 0.29) is 23.0 Å². The number of fused-ring (bicyclic) bond motifs is 6. The van der Waals surface area contributed by atoms with E-state index in [1.165, 1.54) is 0 Å². The first kappa shape index (κ1) is 27.0. The van der Waals surface area contributed by atoms with Crippen LogP contribution in [0.3, 0.4) is 0 Å². The van der Waals surface area contributed by atoms with Crippen LogP contribution in [-0.2, 0) is 0 Å². The van der Waals surface area contributed by atoms with Gasteiger partial charge in [0.25, 0.3) is 0 Å². The van der Waals surface area contributed by atoms with Gasteiger partial charge in [0.1, 0.15) is 11.2 Å². The van der Waals surface area contributed by atoms with Gasteiger partial charge in [-0.2, -0.15) is 0 Å². The number of rotatable bonds is 6. The highest BCUT2D eigenvalue weighted by Gasteiger charge is 2.23. The van der Waals surface area contributed by atoms with Gasteiger partial charge >= 0.3 is 0 Å². The van der Waals surface area contributed by atoms with Crippen molar-refractivity contribution in [3.63, 3.8) is 0 Å². The van der Waals surface area contributed by atoms with Crippen LogP contribution in [0.2, 0.25) is 0 Å². The second-order valence-electron chi connectivity index (χ2n) is 13.6. The standard InChI is InChI=1S/C51H32N4O/c1-4-17-33(18-5-1)37-23-10-11-26-42(37)50-52-49(35-21-8-3-9-22-35)53-51(54-50)44-32-36(55-45-29-14-12-24-39(45)40-25-13-15-30-46(40)55)31-43-41-28-16-27-38(47(41)56-48(43)44)34-19-6-2-7-20-34/h1-32H/i3D,8D,9D,21D,22D. The van der Waals surface area contributed by atoms with Gasteiger partial charge in [-0.1, -0.05) is 170 Å². The molecule has 0 amide bonds. The molecule has 11 rings (SSSR count). The fourth-order valence-corrected chi connectivity index (χ4v) is 7.86. The van der Waals surface area contributed by atoms with Crippen molar-refractivity contribution in [2.45, 2.75) is 0 Å². The molecule has 262 valence electrons. The van der Waals surface area contributed by atoms with Crippen molar-refractivity contribution in [1.29, 1.82) is 0 Å². The molecule has 3 heterocycles. The molecular weight excluding hydrogens is 685 g/mol. The van der Waals surface area contributed by atoms with Crippen LogP contribution in [0.1, 0.15) is 6.85 Å². The maximum Gasteiger partial charge on any atom is 0.167 e. The first-order valence-electron chi connectivity index (χ1n) is 20.9. The SMILES string of the molecule is [2H]c1c([2H])c([2H])c(-c2nc(-c3ccccc3-c3ccccc3)nc(-c3cc(-n4c5ccccc5c5ccccc54)cc4c3oc3c(-c5ccccc5)cccc34)n2)c([2H])c1[2H]. The van der Waals surface area contributed by atoms with Crippen LogP contribution < -0.4 is 0 Å². The lowest BCUT2D eigenvalue weighted by Crippen LogP contribution is -2.02. The molecule has 3 aromatic heterocycles. The fourth-order valence-electron chi connectivity index (χ4n) is 7.86. The molecular formula is C51H32N4O. The van der Waals surface area contributed by atoms with Gasteiger partial charge in [-0.05, 0) is 41.0 Å². The smallest absolute Gasteiger partial charge is 0.167 e. The summed E-state index contributed by atoms with van der Waals surface area (Å²) in [6.45, 7) is 0. The van der Waals surface area contributed by atoms with E-state index in [4.69, 9.17) is 26.2 Å². The summed E-state index contributed by atoms with van der Waals surface area (Å²) < 4.78 is 52.7. The topological polar surface area (TPSA) is 56.7 Å². The van der Waals surface area contributed by atoms with Crippen LogP contribution in [0.25, 0.3) is 106 Å². The van der Waals surface area contributed by atoms with Crippen LogP contribution in [0, 0.1) is 0 Å². The van der Waals surface area contributed by atoms with Crippen molar-refractivity contribution in [3.05, 3.63) is 194 Å². The zero-order chi connectivity index (χ0) is 41.4. The molecule has 8 aromatic carbocycles. The van der Waals surface area contributed by atoms with Gasteiger partial charge < -0.3 is 8.98 Å². The molecule has 0 aliphatic carbocycles. The van der Waals surface area contributed by atoms with E-state index in [0.29, 0.717) is 22.3 Å². The summed E-state index contributed by atoms with van der Waals surface area (Å²) in [5.74, 6) is 0.418. The van der Waals surface area contributed by atoms with Crippen LogP contribution >= 0.6 is 0 Å². The van der Waals surface area contributed by atoms with Crippen LogP contribution in [0.5, 0.6) is 0 Å². The number of hydrogen-bond acceptors (Lipinski definition) is 4. The highest BCUT2D eigenvalue weighted by molar-refractivity contribution is 6.15. The highest BCUT2D eigenvalue weighted by Crippen LogP contribution is 2.43. The Morgan fingerprint density at radius 1 is 0.393 bits per heavy atom. The molecule has 0 aliphatic heterocycles. The van der Waals surface area contributed by atoms with Crippen LogP contribution in [0.4, 0.5) is 0 Å². The summed E-state index contributed by atoms with van der Waals surface area (Å²) in [6.07, 6.45) is 0. The molecule has 0 radical (unpaired) electrons. The molecule has 0 N–H and O–H groups in total. The molecule has 5 heteroatoms. The predicted molar refractivity (Wildman–Crippen MR) is 229 cm³/mol. The van der Waals surface area contributed by atoms with Crippen molar-refractivity contribution in [3.8, 4) is 62.1 Å².